The van der Waals surface area contributed by atoms with Crippen LogP contribution in [0.1, 0.15) is 23.1 Å². The van der Waals surface area contributed by atoms with Crippen LogP contribution in [0.25, 0.3) is 11.0 Å². The molecule has 1 aliphatic rings. The predicted molar refractivity (Wildman–Crippen MR) is 91.9 cm³/mol. The van der Waals surface area contributed by atoms with Crippen LogP contribution in [0.5, 0.6) is 0 Å². The first-order valence-corrected chi connectivity index (χ1v) is 8.20. The van der Waals surface area contributed by atoms with E-state index in [0.717, 1.165) is 22.1 Å². The van der Waals surface area contributed by atoms with Gasteiger partial charge in [0.2, 0.25) is 0 Å². The Hall–Kier alpha value is -2.66. The summed E-state index contributed by atoms with van der Waals surface area (Å²) in [6.07, 6.45) is 1.63. The van der Waals surface area contributed by atoms with Crippen LogP contribution in [0.3, 0.4) is 0 Å². The number of aliphatic carboxylic acids is 1. The van der Waals surface area contributed by atoms with Crippen LogP contribution in [0, 0.1) is 11.7 Å². The number of hydrogen-bond acceptors (Lipinski definition) is 3. The van der Waals surface area contributed by atoms with Gasteiger partial charge in [-0.15, -0.1) is 0 Å². The average Bonchev–Trinajstić information content (AvgIpc) is 3.19. The van der Waals surface area contributed by atoms with E-state index in [1.165, 1.54) is 12.1 Å². The number of benzene rings is 2. The minimum Gasteiger partial charge on any atom is -0.481 e. The van der Waals surface area contributed by atoms with Crippen LogP contribution in [-0.2, 0) is 4.79 Å². The summed E-state index contributed by atoms with van der Waals surface area (Å²) in [5.41, 5.74) is 2.60. The molecule has 0 saturated carbocycles. The Morgan fingerprint density at radius 1 is 1.16 bits per heavy atom. The summed E-state index contributed by atoms with van der Waals surface area (Å²) in [4.78, 5) is 14.1. The van der Waals surface area contributed by atoms with Gasteiger partial charge in [-0.3, -0.25) is 9.69 Å². The summed E-state index contributed by atoms with van der Waals surface area (Å²) in [6, 6.07) is 13.5. The number of nitrogens with zero attached hydrogens (tertiary/aromatic N) is 1. The zero-order valence-electron chi connectivity index (χ0n) is 13.7. The minimum atomic E-state index is -0.837. The van der Waals surface area contributed by atoms with Crippen molar-refractivity contribution in [3.8, 4) is 0 Å². The summed E-state index contributed by atoms with van der Waals surface area (Å²) in [6.45, 7) is 0.627. The maximum Gasteiger partial charge on any atom is 0.309 e. The van der Waals surface area contributed by atoms with Crippen molar-refractivity contribution < 1.29 is 18.7 Å². The fraction of sp³-hybridized carbons (Fsp3) is 0.250. The summed E-state index contributed by atoms with van der Waals surface area (Å²) < 4.78 is 18.6. The molecule has 2 heterocycles. The van der Waals surface area contributed by atoms with E-state index < -0.39 is 11.9 Å². The van der Waals surface area contributed by atoms with E-state index in [0.29, 0.717) is 6.54 Å². The third-order valence-corrected chi connectivity index (χ3v) is 5.13. The number of likely N-dealkylation sites (N-methyl/N-ethyl adjacent to an activating group) is 1. The molecule has 1 aromatic heterocycles. The molecular weight excluding hydrogens is 321 g/mol. The third-order valence-electron chi connectivity index (χ3n) is 5.13. The van der Waals surface area contributed by atoms with Gasteiger partial charge in [-0.25, -0.2) is 4.39 Å². The van der Waals surface area contributed by atoms with Crippen molar-refractivity contribution in [1.82, 2.24) is 4.90 Å². The highest BCUT2D eigenvalue weighted by Crippen LogP contribution is 2.45. The molecule has 4 nitrogen and oxygen atoms in total. The molecule has 2 aromatic carbocycles. The number of fused-ring (bicyclic) bond motifs is 1. The molecule has 5 heteroatoms. The van der Waals surface area contributed by atoms with E-state index >= 15 is 0 Å². The quantitative estimate of drug-likeness (QED) is 0.782. The Morgan fingerprint density at radius 2 is 1.88 bits per heavy atom. The third kappa shape index (κ3) is 2.70. The van der Waals surface area contributed by atoms with Crippen LogP contribution >= 0.6 is 0 Å². The standard InChI is InChI=1S/C20H18FNO3/c1-22-11-16(13-4-7-17-14(10-13)8-9-25-17)18(20(23)24)19(22)12-2-5-15(21)6-3-12/h2-10,16,18-19H,11H2,1H3,(H,23,24). The normalized spacial score (nSPS) is 24.0. The van der Waals surface area contributed by atoms with Crippen molar-refractivity contribution in [2.24, 2.45) is 5.92 Å². The van der Waals surface area contributed by atoms with Gasteiger partial charge in [-0.05, 0) is 48.5 Å². The first-order chi connectivity index (χ1) is 12.0. The van der Waals surface area contributed by atoms with E-state index in [9.17, 15) is 14.3 Å². The van der Waals surface area contributed by atoms with E-state index in [1.54, 1.807) is 18.4 Å². The predicted octanol–water partition coefficient (Wildman–Crippen LogP) is 4.04. The van der Waals surface area contributed by atoms with Crippen LogP contribution in [0.2, 0.25) is 0 Å². The second-order valence-corrected chi connectivity index (χ2v) is 6.62. The van der Waals surface area contributed by atoms with Gasteiger partial charge in [0.15, 0.2) is 0 Å². The van der Waals surface area contributed by atoms with Crippen LogP contribution in [0.15, 0.2) is 59.2 Å². The van der Waals surface area contributed by atoms with Crippen molar-refractivity contribution in [2.75, 3.05) is 13.6 Å². The zero-order valence-corrected chi connectivity index (χ0v) is 13.7. The molecule has 0 radical (unpaired) electrons. The topological polar surface area (TPSA) is 53.7 Å². The highest BCUT2D eigenvalue weighted by Gasteiger charge is 2.45. The maximum absolute atomic E-state index is 13.2. The number of rotatable bonds is 3. The van der Waals surface area contributed by atoms with Crippen molar-refractivity contribution in [1.29, 1.82) is 0 Å². The highest BCUT2D eigenvalue weighted by molar-refractivity contribution is 5.79. The number of carboxylic acid groups (broad SMARTS) is 1. The molecule has 3 atom stereocenters. The first-order valence-electron chi connectivity index (χ1n) is 8.20. The number of furan rings is 1. The van der Waals surface area contributed by atoms with Gasteiger partial charge in [0.05, 0.1) is 12.2 Å². The zero-order chi connectivity index (χ0) is 17.6. The fourth-order valence-corrected chi connectivity index (χ4v) is 3.99. The molecule has 1 fully saturated rings. The molecule has 1 N–H and O–H groups in total. The monoisotopic (exact) mass is 339 g/mol. The highest BCUT2D eigenvalue weighted by atomic mass is 19.1. The van der Waals surface area contributed by atoms with Gasteiger partial charge in [0.25, 0.3) is 0 Å². The number of halogens is 1. The molecule has 3 aromatic rings. The van der Waals surface area contributed by atoms with Crippen molar-refractivity contribution in [2.45, 2.75) is 12.0 Å². The molecule has 1 aliphatic heterocycles. The van der Waals surface area contributed by atoms with E-state index in [2.05, 4.69) is 0 Å². The van der Waals surface area contributed by atoms with Crippen molar-refractivity contribution in [3.63, 3.8) is 0 Å². The summed E-state index contributed by atoms with van der Waals surface area (Å²) >= 11 is 0. The molecule has 0 bridgehead atoms. The second kappa shape index (κ2) is 6.01. The summed E-state index contributed by atoms with van der Waals surface area (Å²) in [5.74, 6) is -1.90. The molecule has 0 aliphatic carbocycles. The fourth-order valence-electron chi connectivity index (χ4n) is 3.99. The number of carboxylic acids is 1. The van der Waals surface area contributed by atoms with E-state index in [-0.39, 0.29) is 17.8 Å². The van der Waals surface area contributed by atoms with Gasteiger partial charge in [0, 0.05) is 23.9 Å². The molecule has 0 spiro atoms. The minimum absolute atomic E-state index is 0.142. The molecule has 3 unspecified atom stereocenters. The number of carbonyl (C=O) groups is 1. The van der Waals surface area contributed by atoms with Crippen LogP contribution in [0.4, 0.5) is 4.39 Å². The Labute approximate surface area is 144 Å². The molecule has 0 amide bonds. The molecular formula is C20H18FNO3. The average molecular weight is 339 g/mol. The Kier molecular flexibility index (Phi) is 3.81. The van der Waals surface area contributed by atoms with Crippen LogP contribution < -0.4 is 0 Å². The lowest BCUT2D eigenvalue weighted by atomic mass is 9.82. The van der Waals surface area contributed by atoms with Crippen molar-refractivity contribution >= 4 is 16.9 Å². The molecule has 4 rings (SSSR count). The lowest BCUT2D eigenvalue weighted by Crippen LogP contribution is -2.26. The van der Waals surface area contributed by atoms with Gasteiger partial charge in [-0.1, -0.05) is 18.2 Å². The maximum atomic E-state index is 13.2. The summed E-state index contributed by atoms with van der Waals surface area (Å²) in [7, 11) is 1.92. The Balaban J connectivity index is 1.75. The second-order valence-electron chi connectivity index (χ2n) is 6.62. The van der Waals surface area contributed by atoms with Gasteiger partial charge in [-0.2, -0.15) is 0 Å². The molecule has 25 heavy (non-hydrogen) atoms. The first kappa shape index (κ1) is 15.8. The Morgan fingerprint density at radius 3 is 2.60 bits per heavy atom. The van der Waals surface area contributed by atoms with Gasteiger partial charge < -0.3 is 9.52 Å². The molecule has 1 saturated heterocycles. The summed E-state index contributed by atoms with van der Waals surface area (Å²) in [5, 5.41) is 10.9. The lowest BCUT2D eigenvalue weighted by Gasteiger charge is -2.24. The number of likely N-dealkylation sites (tertiary alicyclic amines) is 1. The van der Waals surface area contributed by atoms with Gasteiger partial charge in [0.1, 0.15) is 11.4 Å². The van der Waals surface area contributed by atoms with Crippen molar-refractivity contribution in [3.05, 3.63) is 71.7 Å². The van der Waals surface area contributed by atoms with E-state index in [4.69, 9.17) is 4.42 Å². The number of hydrogen-bond donors (Lipinski definition) is 1. The SMILES string of the molecule is CN1CC(c2ccc3occc3c2)C(C(=O)O)C1c1ccc(F)cc1. The van der Waals surface area contributed by atoms with Crippen LogP contribution in [-0.4, -0.2) is 29.6 Å². The Bertz CT molecular complexity index is 918. The van der Waals surface area contributed by atoms with E-state index in [1.807, 2.05) is 36.2 Å². The van der Waals surface area contributed by atoms with Gasteiger partial charge >= 0.3 is 5.97 Å². The largest absolute Gasteiger partial charge is 0.481 e. The smallest absolute Gasteiger partial charge is 0.309 e. The molecule has 128 valence electrons. The lowest BCUT2D eigenvalue weighted by molar-refractivity contribution is -0.143.